The predicted molar refractivity (Wildman–Crippen MR) is 77.7 cm³/mol. The molecule has 0 saturated carbocycles. The smallest absolute Gasteiger partial charge is 0.253 e. The molecule has 5 heteroatoms. The van der Waals surface area contributed by atoms with E-state index >= 15 is 0 Å². The quantitative estimate of drug-likeness (QED) is 0.778. The van der Waals surface area contributed by atoms with E-state index in [9.17, 15) is 4.79 Å². The van der Waals surface area contributed by atoms with Gasteiger partial charge in [-0.15, -0.1) is 12.4 Å². The van der Waals surface area contributed by atoms with E-state index in [0.29, 0.717) is 0 Å². The standard InChI is InChI=1S/C13H23N3O.ClH/c1-5-16-10(2)9-12(11(16)3)13(17)15-8-6-7-14-4;/h9,14H,5-8H2,1-4H3,(H,15,17);1H. The van der Waals surface area contributed by atoms with Crippen LogP contribution in [0.4, 0.5) is 0 Å². The van der Waals surface area contributed by atoms with Crippen LogP contribution in [0.3, 0.4) is 0 Å². The molecule has 0 bridgehead atoms. The Bertz CT molecular complexity index is 388. The summed E-state index contributed by atoms with van der Waals surface area (Å²) in [5.74, 6) is 0.0360. The van der Waals surface area contributed by atoms with Crippen LogP contribution < -0.4 is 10.6 Å². The van der Waals surface area contributed by atoms with E-state index in [1.807, 2.05) is 27.0 Å². The van der Waals surface area contributed by atoms with Gasteiger partial charge in [0, 0.05) is 24.5 Å². The minimum absolute atomic E-state index is 0. The van der Waals surface area contributed by atoms with Gasteiger partial charge in [0.2, 0.25) is 0 Å². The van der Waals surface area contributed by atoms with Gasteiger partial charge in [-0.1, -0.05) is 0 Å². The van der Waals surface area contributed by atoms with Crippen LogP contribution in [0.15, 0.2) is 6.07 Å². The summed E-state index contributed by atoms with van der Waals surface area (Å²) in [7, 11) is 1.91. The van der Waals surface area contributed by atoms with Crippen molar-refractivity contribution in [3.05, 3.63) is 23.0 Å². The minimum Gasteiger partial charge on any atom is -0.352 e. The fourth-order valence-corrected chi connectivity index (χ4v) is 2.08. The fraction of sp³-hybridized carbons (Fsp3) is 0.615. The van der Waals surface area contributed by atoms with Crippen LogP contribution in [0, 0.1) is 13.8 Å². The van der Waals surface area contributed by atoms with Crippen LogP contribution in [0.1, 0.15) is 35.1 Å². The molecule has 1 heterocycles. The number of halogens is 1. The maximum atomic E-state index is 12.0. The molecule has 104 valence electrons. The van der Waals surface area contributed by atoms with Gasteiger partial charge in [0.05, 0.1) is 5.56 Å². The molecule has 0 radical (unpaired) electrons. The van der Waals surface area contributed by atoms with E-state index < -0.39 is 0 Å². The lowest BCUT2D eigenvalue weighted by Crippen LogP contribution is -2.27. The van der Waals surface area contributed by atoms with E-state index in [2.05, 4.69) is 22.1 Å². The first-order valence-electron chi connectivity index (χ1n) is 6.21. The first-order chi connectivity index (χ1) is 8.11. The highest BCUT2D eigenvalue weighted by atomic mass is 35.5. The van der Waals surface area contributed by atoms with E-state index in [4.69, 9.17) is 0 Å². The average Bonchev–Trinajstić information content (AvgIpc) is 2.60. The zero-order valence-electron chi connectivity index (χ0n) is 11.7. The zero-order valence-corrected chi connectivity index (χ0v) is 12.5. The second-order valence-corrected chi connectivity index (χ2v) is 4.24. The minimum atomic E-state index is 0. The third kappa shape index (κ3) is 4.03. The van der Waals surface area contributed by atoms with Crippen molar-refractivity contribution >= 4 is 18.3 Å². The summed E-state index contributed by atoms with van der Waals surface area (Å²) >= 11 is 0. The number of aryl methyl sites for hydroxylation is 1. The van der Waals surface area contributed by atoms with E-state index in [-0.39, 0.29) is 18.3 Å². The Morgan fingerprint density at radius 1 is 1.33 bits per heavy atom. The Kier molecular flexibility index (Phi) is 7.71. The van der Waals surface area contributed by atoms with E-state index in [1.165, 1.54) is 0 Å². The molecule has 0 spiro atoms. The number of hydrogen-bond donors (Lipinski definition) is 2. The summed E-state index contributed by atoms with van der Waals surface area (Å²) in [6, 6.07) is 1.96. The molecule has 0 fully saturated rings. The van der Waals surface area contributed by atoms with Crippen molar-refractivity contribution in [3.63, 3.8) is 0 Å². The molecule has 0 atom stereocenters. The molecule has 0 saturated heterocycles. The van der Waals surface area contributed by atoms with Gasteiger partial charge in [0.1, 0.15) is 0 Å². The van der Waals surface area contributed by atoms with Crippen LogP contribution >= 0.6 is 12.4 Å². The Hall–Kier alpha value is -1.00. The number of hydrogen-bond acceptors (Lipinski definition) is 2. The molecule has 18 heavy (non-hydrogen) atoms. The van der Waals surface area contributed by atoms with Crippen LogP contribution in [0.5, 0.6) is 0 Å². The van der Waals surface area contributed by atoms with Crippen LogP contribution in [0.25, 0.3) is 0 Å². The number of carbonyl (C=O) groups is 1. The Balaban J connectivity index is 0.00000289. The van der Waals surface area contributed by atoms with Gasteiger partial charge in [0.15, 0.2) is 0 Å². The molecule has 2 N–H and O–H groups in total. The molecule has 0 aliphatic rings. The summed E-state index contributed by atoms with van der Waals surface area (Å²) in [6.07, 6.45) is 0.953. The number of nitrogens with one attached hydrogen (secondary N) is 2. The van der Waals surface area contributed by atoms with Crippen molar-refractivity contribution in [1.29, 1.82) is 0 Å². The van der Waals surface area contributed by atoms with Crippen molar-refractivity contribution in [2.75, 3.05) is 20.1 Å². The van der Waals surface area contributed by atoms with Crippen LogP contribution in [-0.2, 0) is 6.54 Å². The van der Waals surface area contributed by atoms with Crippen molar-refractivity contribution in [2.45, 2.75) is 33.7 Å². The van der Waals surface area contributed by atoms with Crippen molar-refractivity contribution < 1.29 is 4.79 Å². The Morgan fingerprint density at radius 2 is 2.00 bits per heavy atom. The van der Waals surface area contributed by atoms with Crippen molar-refractivity contribution in [1.82, 2.24) is 15.2 Å². The van der Waals surface area contributed by atoms with Gasteiger partial charge < -0.3 is 15.2 Å². The number of aromatic nitrogens is 1. The second kappa shape index (κ2) is 8.16. The number of carbonyl (C=O) groups excluding carboxylic acids is 1. The maximum Gasteiger partial charge on any atom is 0.253 e. The summed E-state index contributed by atoms with van der Waals surface area (Å²) in [5, 5.41) is 6.01. The number of rotatable bonds is 6. The molecule has 0 aliphatic heterocycles. The van der Waals surface area contributed by atoms with Gasteiger partial charge in [-0.05, 0) is 46.9 Å². The summed E-state index contributed by atoms with van der Waals surface area (Å²) < 4.78 is 2.16. The first-order valence-corrected chi connectivity index (χ1v) is 6.21. The topological polar surface area (TPSA) is 46.1 Å². The van der Waals surface area contributed by atoms with E-state index in [1.54, 1.807) is 0 Å². The molecule has 1 rings (SSSR count). The monoisotopic (exact) mass is 273 g/mol. The molecule has 0 aromatic carbocycles. The Morgan fingerprint density at radius 3 is 2.50 bits per heavy atom. The average molecular weight is 274 g/mol. The highest BCUT2D eigenvalue weighted by Gasteiger charge is 2.13. The molecule has 4 nitrogen and oxygen atoms in total. The molecule has 1 aromatic heterocycles. The summed E-state index contributed by atoms with van der Waals surface area (Å²) in [6.45, 7) is 8.68. The van der Waals surface area contributed by atoms with Crippen LogP contribution in [-0.4, -0.2) is 30.6 Å². The lowest BCUT2D eigenvalue weighted by atomic mass is 10.2. The molecule has 0 aliphatic carbocycles. The molecular formula is C13H24ClN3O. The third-order valence-electron chi connectivity index (χ3n) is 3.02. The molecule has 0 unspecified atom stereocenters. The molecule has 1 amide bonds. The lowest BCUT2D eigenvalue weighted by Gasteiger charge is -2.07. The van der Waals surface area contributed by atoms with Gasteiger partial charge in [-0.25, -0.2) is 0 Å². The normalized spacial score (nSPS) is 10.0. The summed E-state index contributed by atoms with van der Waals surface area (Å²) in [5.41, 5.74) is 3.00. The number of amides is 1. The fourth-order valence-electron chi connectivity index (χ4n) is 2.08. The highest BCUT2D eigenvalue weighted by Crippen LogP contribution is 2.14. The summed E-state index contributed by atoms with van der Waals surface area (Å²) in [4.78, 5) is 12.0. The SMILES string of the molecule is CCn1c(C)cc(C(=O)NCCCNC)c1C.Cl. The lowest BCUT2D eigenvalue weighted by molar-refractivity contribution is 0.0952. The zero-order chi connectivity index (χ0) is 12.8. The molecular weight excluding hydrogens is 250 g/mol. The highest BCUT2D eigenvalue weighted by molar-refractivity contribution is 5.95. The molecule has 1 aromatic rings. The second-order valence-electron chi connectivity index (χ2n) is 4.24. The van der Waals surface area contributed by atoms with Gasteiger partial charge in [-0.2, -0.15) is 0 Å². The predicted octanol–water partition coefficient (Wildman–Crippen LogP) is 1.89. The van der Waals surface area contributed by atoms with Crippen LogP contribution in [0.2, 0.25) is 0 Å². The first kappa shape index (κ1) is 17.0. The van der Waals surface area contributed by atoms with Gasteiger partial charge in [0.25, 0.3) is 5.91 Å². The van der Waals surface area contributed by atoms with Gasteiger partial charge in [-0.3, -0.25) is 4.79 Å². The van der Waals surface area contributed by atoms with Crippen molar-refractivity contribution in [2.24, 2.45) is 0 Å². The maximum absolute atomic E-state index is 12.0. The van der Waals surface area contributed by atoms with E-state index in [0.717, 1.165) is 43.0 Å². The largest absolute Gasteiger partial charge is 0.352 e. The third-order valence-corrected chi connectivity index (χ3v) is 3.02. The Labute approximate surface area is 116 Å². The van der Waals surface area contributed by atoms with Crippen molar-refractivity contribution in [3.8, 4) is 0 Å². The number of nitrogens with zero attached hydrogens (tertiary/aromatic N) is 1. The van der Waals surface area contributed by atoms with Gasteiger partial charge >= 0.3 is 0 Å².